The van der Waals surface area contributed by atoms with Gasteiger partial charge in [0.2, 0.25) is 6.29 Å². The molecule has 5 rings (SSSR count). The maximum Gasteiger partial charge on any atom is 0.286 e. The van der Waals surface area contributed by atoms with Crippen molar-refractivity contribution in [3.63, 3.8) is 0 Å². The van der Waals surface area contributed by atoms with Crippen LogP contribution in [-0.2, 0) is 20.8 Å². The van der Waals surface area contributed by atoms with E-state index >= 15 is 0 Å². The van der Waals surface area contributed by atoms with Crippen LogP contribution in [0.5, 0.6) is 0 Å². The van der Waals surface area contributed by atoms with Crippen LogP contribution in [0.2, 0.25) is 0 Å². The van der Waals surface area contributed by atoms with Gasteiger partial charge >= 0.3 is 0 Å². The first kappa shape index (κ1) is 23.5. The summed E-state index contributed by atoms with van der Waals surface area (Å²) in [6.45, 7) is 2.74. The SMILES string of the molecule is CCO[C@H]1OC(C(=O)NCc2nc3ccccc3[nH]2)=C[C@@H](c2csc3ccccc23)[C@H]1CCCO. The van der Waals surface area contributed by atoms with E-state index in [1.807, 2.05) is 49.4 Å². The summed E-state index contributed by atoms with van der Waals surface area (Å²) in [5, 5.41) is 15.8. The summed E-state index contributed by atoms with van der Waals surface area (Å²) in [6, 6.07) is 16.0. The molecule has 0 fully saturated rings. The van der Waals surface area contributed by atoms with E-state index in [4.69, 9.17) is 9.47 Å². The molecular weight excluding hydrogens is 462 g/mol. The van der Waals surface area contributed by atoms with Gasteiger partial charge in [0.25, 0.3) is 5.91 Å². The number of carbonyl (C=O) groups excluding carboxylic acids is 1. The van der Waals surface area contributed by atoms with Crippen LogP contribution in [0.25, 0.3) is 21.1 Å². The van der Waals surface area contributed by atoms with E-state index < -0.39 is 6.29 Å². The lowest BCUT2D eigenvalue weighted by molar-refractivity contribution is -0.166. The van der Waals surface area contributed by atoms with Crippen LogP contribution in [0.1, 0.15) is 37.1 Å². The highest BCUT2D eigenvalue weighted by molar-refractivity contribution is 7.17. The number of ether oxygens (including phenoxy) is 2. The molecular formula is C27H29N3O4S. The smallest absolute Gasteiger partial charge is 0.286 e. The fourth-order valence-corrected chi connectivity index (χ4v) is 5.73. The zero-order valence-corrected chi connectivity index (χ0v) is 20.4. The summed E-state index contributed by atoms with van der Waals surface area (Å²) in [6.07, 6.45) is 2.70. The Bertz CT molecular complexity index is 1310. The largest absolute Gasteiger partial charge is 0.459 e. The Kier molecular flexibility index (Phi) is 7.13. The van der Waals surface area contributed by atoms with Gasteiger partial charge in [0.15, 0.2) is 5.76 Å². The highest BCUT2D eigenvalue weighted by Gasteiger charge is 2.38. The number of nitrogens with zero attached hydrogens (tertiary/aromatic N) is 1. The van der Waals surface area contributed by atoms with E-state index in [9.17, 15) is 9.90 Å². The molecule has 7 nitrogen and oxygen atoms in total. The average molecular weight is 492 g/mol. The molecule has 3 atom stereocenters. The second kappa shape index (κ2) is 10.6. The van der Waals surface area contributed by atoms with Crippen LogP contribution in [-0.4, -0.2) is 40.5 Å². The van der Waals surface area contributed by atoms with E-state index in [1.54, 1.807) is 11.3 Å². The Morgan fingerprint density at radius 3 is 2.89 bits per heavy atom. The Hall–Kier alpha value is -3.20. The van der Waals surface area contributed by atoms with Crippen LogP contribution < -0.4 is 5.32 Å². The molecule has 0 saturated heterocycles. The highest BCUT2D eigenvalue weighted by atomic mass is 32.1. The maximum atomic E-state index is 13.2. The van der Waals surface area contributed by atoms with Gasteiger partial charge < -0.3 is 24.9 Å². The van der Waals surface area contributed by atoms with E-state index in [1.165, 1.54) is 10.1 Å². The zero-order chi connectivity index (χ0) is 24.2. The third kappa shape index (κ3) is 4.96. The number of aliphatic hydroxyl groups excluding tert-OH is 1. The third-order valence-electron chi connectivity index (χ3n) is 6.36. The summed E-state index contributed by atoms with van der Waals surface area (Å²) in [5.41, 5.74) is 2.94. The first-order chi connectivity index (χ1) is 17.2. The second-order valence-electron chi connectivity index (χ2n) is 8.60. The van der Waals surface area contributed by atoms with E-state index in [0.717, 1.165) is 23.0 Å². The highest BCUT2D eigenvalue weighted by Crippen LogP contribution is 2.43. The van der Waals surface area contributed by atoms with Crippen LogP contribution >= 0.6 is 11.3 Å². The predicted molar refractivity (Wildman–Crippen MR) is 137 cm³/mol. The number of carbonyl (C=O) groups is 1. The van der Waals surface area contributed by atoms with E-state index in [2.05, 4.69) is 32.8 Å². The van der Waals surface area contributed by atoms with Crippen molar-refractivity contribution in [1.82, 2.24) is 15.3 Å². The number of aromatic amines is 1. The van der Waals surface area contributed by atoms with Gasteiger partial charge in [-0.3, -0.25) is 4.79 Å². The molecule has 3 N–H and O–H groups in total. The molecule has 8 heteroatoms. The second-order valence-corrected chi connectivity index (χ2v) is 9.51. The van der Waals surface area contributed by atoms with Gasteiger partial charge in [-0.05, 0) is 60.4 Å². The minimum atomic E-state index is -0.577. The lowest BCUT2D eigenvalue weighted by atomic mass is 9.80. The molecule has 0 bridgehead atoms. The predicted octanol–water partition coefficient (Wildman–Crippen LogP) is 4.84. The summed E-state index contributed by atoms with van der Waals surface area (Å²) >= 11 is 1.69. The number of hydrogen-bond donors (Lipinski definition) is 3. The van der Waals surface area contributed by atoms with E-state index in [0.29, 0.717) is 18.9 Å². The van der Waals surface area contributed by atoms with Crippen LogP contribution in [0, 0.1) is 5.92 Å². The number of H-pyrrole nitrogens is 1. The molecule has 1 aliphatic heterocycles. The zero-order valence-electron chi connectivity index (χ0n) is 19.6. The lowest BCUT2D eigenvalue weighted by Gasteiger charge is -2.36. The molecule has 0 aliphatic carbocycles. The number of allylic oxidation sites excluding steroid dienone is 1. The van der Waals surface area contributed by atoms with Crippen LogP contribution in [0.15, 0.2) is 65.7 Å². The standard InChI is InChI=1S/C27H29N3O4S/c1-2-33-27-18(9-7-13-31)19(20-16-35-24-12-6-3-8-17(20)24)14-23(34-27)26(32)28-15-25-29-21-10-4-5-11-22(21)30-25/h3-6,8,10-12,14,16,18-19,27,31H,2,7,9,13,15H2,1H3,(H,28,32)(H,29,30)/t18-,19-,27+/m1/s1. The maximum absolute atomic E-state index is 13.2. The quantitative estimate of drug-likeness (QED) is 0.311. The summed E-state index contributed by atoms with van der Waals surface area (Å²) in [4.78, 5) is 21.0. The number of imidazole rings is 1. The van der Waals surface area contributed by atoms with Gasteiger partial charge in [-0.1, -0.05) is 30.3 Å². The molecule has 0 saturated carbocycles. The first-order valence-corrected chi connectivity index (χ1v) is 12.8. The fraction of sp³-hybridized carbons (Fsp3) is 0.333. The Morgan fingerprint density at radius 2 is 2.06 bits per heavy atom. The van der Waals surface area contributed by atoms with E-state index in [-0.39, 0.29) is 36.7 Å². The third-order valence-corrected chi connectivity index (χ3v) is 7.34. The van der Waals surface area contributed by atoms with Crippen LogP contribution in [0.3, 0.4) is 0 Å². The van der Waals surface area contributed by atoms with Gasteiger partial charge in [-0.25, -0.2) is 4.98 Å². The molecule has 0 spiro atoms. The molecule has 1 amide bonds. The molecule has 35 heavy (non-hydrogen) atoms. The number of thiophene rings is 1. The first-order valence-electron chi connectivity index (χ1n) is 12.0. The summed E-state index contributed by atoms with van der Waals surface area (Å²) in [7, 11) is 0. The van der Waals surface area contributed by atoms with Crippen molar-refractivity contribution >= 4 is 38.4 Å². The number of fused-ring (bicyclic) bond motifs is 2. The van der Waals surface area contributed by atoms with Crippen molar-refractivity contribution in [2.24, 2.45) is 5.92 Å². The number of hydrogen-bond acceptors (Lipinski definition) is 6. The molecule has 1 aliphatic rings. The Labute approximate surface area is 207 Å². The summed E-state index contributed by atoms with van der Waals surface area (Å²) in [5.74, 6) is 0.529. The van der Waals surface area contributed by atoms with Crippen molar-refractivity contribution in [2.45, 2.75) is 38.5 Å². The number of nitrogens with one attached hydrogen (secondary N) is 2. The number of aromatic nitrogens is 2. The van der Waals surface area contributed by atoms with Crippen molar-refractivity contribution in [3.8, 4) is 0 Å². The minimum absolute atomic E-state index is 0.0213. The van der Waals surface area contributed by atoms with Crippen molar-refractivity contribution in [1.29, 1.82) is 0 Å². The number of aliphatic hydroxyl groups is 1. The number of benzene rings is 2. The van der Waals surface area contributed by atoms with Gasteiger partial charge in [-0.2, -0.15) is 0 Å². The molecule has 2 aromatic heterocycles. The molecule has 0 radical (unpaired) electrons. The average Bonchev–Trinajstić information content (AvgIpc) is 3.50. The molecule has 182 valence electrons. The number of rotatable bonds is 9. The van der Waals surface area contributed by atoms with Crippen molar-refractivity contribution < 1.29 is 19.4 Å². The van der Waals surface area contributed by atoms with Crippen LogP contribution in [0.4, 0.5) is 0 Å². The molecule has 2 aromatic carbocycles. The monoisotopic (exact) mass is 491 g/mol. The van der Waals surface area contributed by atoms with Gasteiger partial charge in [0.1, 0.15) is 5.82 Å². The van der Waals surface area contributed by atoms with Crippen molar-refractivity contribution in [3.05, 3.63) is 77.1 Å². The molecule has 3 heterocycles. The Balaban J connectivity index is 1.43. The van der Waals surface area contributed by atoms with Gasteiger partial charge in [0, 0.05) is 29.7 Å². The summed E-state index contributed by atoms with van der Waals surface area (Å²) < 4.78 is 13.3. The number of para-hydroxylation sites is 2. The minimum Gasteiger partial charge on any atom is -0.459 e. The topological polar surface area (TPSA) is 96.5 Å². The fourth-order valence-electron chi connectivity index (χ4n) is 4.72. The normalized spacial score (nSPS) is 20.1. The lowest BCUT2D eigenvalue weighted by Crippen LogP contribution is -2.39. The molecule has 0 unspecified atom stereocenters. The van der Waals surface area contributed by atoms with Gasteiger partial charge in [-0.15, -0.1) is 11.3 Å². The Morgan fingerprint density at radius 1 is 1.23 bits per heavy atom. The van der Waals surface area contributed by atoms with Gasteiger partial charge in [0.05, 0.1) is 17.6 Å². The number of amides is 1. The van der Waals surface area contributed by atoms with Crippen molar-refractivity contribution in [2.75, 3.05) is 13.2 Å². The molecule has 4 aromatic rings.